The number of furan rings is 1. The molecule has 28 heavy (non-hydrogen) atoms. The zero-order valence-electron chi connectivity index (χ0n) is 15.8. The smallest absolute Gasteiger partial charge is 0.289 e. The number of rotatable bonds is 3. The molecule has 144 valence electrons. The molecule has 1 fully saturated rings. The van der Waals surface area contributed by atoms with Gasteiger partial charge in [-0.05, 0) is 42.3 Å². The number of amides is 1. The Morgan fingerprint density at radius 1 is 0.964 bits per heavy atom. The fourth-order valence-corrected chi connectivity index (χ4v) is 3.81. The molecule has 1 saturated heterocycles. The van der Waals surface area contributed by atoms with Gasteiger partial charge >= 0.3 is 0 Å². The van der Waals surface area contributed by atoms with Crippen LogP contribution in [-0.2, 0) is 6.54 Å². The predicted molar refractivity (Wildman–Crippen MR) is 105 cm³/mol. The van der Waals surface area contributed by atoms with Crippen LogP contribution in [-0.4, -0.2) is 48.7 Å². The summed E-state index contributed by atoms with van der Waals surface area (Å²) in [6.07, 6.45) is 0. The van der Waals surface area contributed by atoms with Crippen molar-refractivity contribution < 1.29 is 18.7 Å². The first-order chi connectivity index (χ1) is 13.7. The molecule has 1 amide bonds. The molecule has 1 aromatic heterocycles. The number of ether oxygens (including phenoxy) is 2. The van der Waals surface area contributed by atoms with Crippen LogP contribution in [0.2, 0.25) is 0 Å². The highest BCUT2D eigenvalue weighted by molar-refractivity contribution is 5.96. The van der Waals surface area contributed by atoms with Gasteiger partial charge in [0.15, 0.2) is 17.3 Å². The molecular weight excluding hydrogens is 356 g/mol. The summed E-state index contributed by atoms with van der Waals surface area (Å²) in [5.74, 6) is 2.01. The quantitative estimate of drug-likeness (QED) is 0.699. The number of hydrogen-bond acceptors (Lipinski definition) is 5. The van der Waals surface area contributed by atoms with Gasteiger partial charge in [0.05, 0.1) is 0 Å². The highest BCUT2D eigenvalue weighted by Gasteiger charge is 2.25. The highest BCUT2D eigenvalue weighted by atomic mass is 16.7. The number of nitrogens with zero attached hydrogens (tertiary/aromatic N) is 2. The van der Waals surface area contributed by atoms with Crippen LogP contribution in [0.4, 0.5) is 0 Å². The maximum atomic E-state index is 12.8. The van der Waals surface area contributed by atoms with Gasteiger partial charge in [-0.3, -0.25) is 9.69 Å². The van der Waals surface area contributed by atoms with Crippen LogP contribution in [0.15, 0.2) is 46.9 Å². The summed E-state index contributed by atoms with van der Waals surface area (Å²) in [5, 5.41) is 0.968. The minimum absolute atomic E-state index is 0.0309. The Morgan fingerprint density at radius 2 is 1.79 bits per heavy atom. The van der Waals surface area contributed by atoms with E-state index < -0.39 is 0 Å². The van der Waals surface area contributed by atoms with Crippen molar-refractivity contribution in [3.8, 4) is 11.5 Å². The maximum absolute atomic E-state index is 12.8. The fraction of sp³-hybridized carbons (Fsp3) is 0.318. The monoisotopic (exact) mass is 378 g/mol. The second-order valence-corrected chi connectivity index (χ2v) is 7.41. The zero-order chi connectivity index (χ0) is 19.1. The fourth-order valence-electron chi connectivity index (χ4n) is 3.81. The molecule has 0 unspecified atom stereocenters. The third-order valence-electron chi connectivity index (χ3n) is 5.39. The van der Waals surface area contributed by atoms with Gasteiger partial charge in [0.25, 0.3) is 5.91 Å². The number of carbonyl (C=O) groups excluding carboxylic acids is 1. The Hall–Kier alpha value is -2.99. The lowest BCUT2D eigenvalue weighted by Crippen LogP contribution is -2.48. The molecule has 3 heterocycles. The summed E-state index contributed by atoms with van der Waals surface area (Å²) in [7, 11) is 0. The summed E-state index contributed by atoms with van der Waals surface area (Å²) >= 11 is 0. The van der Waals surface area contributed by atoms with E-state index in [1.807, 2.05) is 48.2 Å². The lowest BCUT2D eigenvalue weighted by Gasteiger charge is -2.34. The molecule has 2 aliphatic rings. The topological polar surface area (TPSA) is 55.2 Å². The zero-order valence-corrected chi connectivity index (χ0v) is 15.8. The van der Waals surface area contributed by atoms with Gasteiger partial charge in [-0.2, -0.15) is 0 Å². The van der Waals surface area contributed by atoms with Gasteiger partial charge in [0, 0.05) is 38.1 Å². The van der Waals surface area contributed by atoms with Crippen LogP contribution >= 0.6 is 0 Å². The number of piperazine rings is 1. The molecule has 2 aromatic carbocycles. The summed E-state index contributed by atoms with van der Waals surface area (Å²) in [5.41, 5.74) is 3.08. The number of benzene rings is 2. The van der Waals surface area contributed by atoms with E-state index in [1.165, 1.54) is 5.56 Å². The number of aryl methyl sites for hydroxylation is 1. The standard InChI is InChI=1S/C22H22N2O4/c1-15-2-4-17-12-21(28-19(17)10-15)22(25)24-8-6-23(7-9-24)13-16-3-5-18-20(11-16)27-14-26-18/h2-5,10-12H,6-9,13-14H2,1H3. The first-order valence-electron chi connectivity index (χ1n) is 9.56. The second-order valence-electron chi connectivity index (χ2n) is 7.41. The van der Waals surface area contributed by atoms with E-state index in [2.05, 4.69) is 11.0 Å². The second kappa shape index (κ2) is 6.87. The van der Waals surface area contributed by atoms with Gasteiger partial charge in [-0.25, -0.2) is 0 Å². The van der Waals surface area contributed by atoms with E-state index >= 15 is 0 Å². The maximum Gasteiger partial charge on any atom is 0.289 e. The minimum atomic E-state index is -0.0309. The van der Waals surface area contributed by atoms with Crippen LogP contribution in [0.1, 0.15) is 21.7 Å². The van der Waals surface area contributed by atoms with E-state index in [4.69, 9.17) is 13.9 Å². The van der Waals surface area contributed by atoms with Crippen LogP contribution < -0.4 is 9.47 Å². The highest BCUT2D eigenvalue weighted by Crippen LogP contribution is 2.33. The Labute approximate surface area is 163 Å². The molecular formula is C22H22N2O4. The molecule has 0 radical (unpaired) electrons. The predicted octanol–water partition coefficient (Wildman–Crippen LogP) is 3.43. The van der Waals surface area contributed by atoms with Crippen LogP contribution in [0.5, 0.6) is 11.5 Å². The average molecular weight is 378 g/mol. The van der Waals surface area contributed by atoms with E-state index in [0.717, 1.165) is 47.7 Å². The van der Waals surface area contributed by atoms with Crippen molar-refractivity contribution in [1.29, 1.82) is 0 Å². The van der Waals surface area contributed by atoms with Crippen LogP contribution in [0, 0.1) is 6.92 Å². The van der Waals surface area contributed by atoms with E-state index in [9.17, 15) is 4.79 Å². The van der Waals surface area contributed by atoms with Crippen molar-refractivity contribution in [2.75, 3.05) is 33.0 Å². The van der Waals surface area contributed by atoms with Crippen molar-refractivity contribution in [3.63, 3.8) is 0 Å². The molecule has 0 aliphatic carbocycles. The first kappa shape index (κ1) is 17.1. The Bertz CT molecular complexity index is 1030. The van der Waals surface area contributed by atoms with Gasteiger partial charge in [0.1, 0.15) is 5.58 Å². The van der Waals surface area contributed by atoms with Gasteiger partial charge in [-0.15, -0.1) is 0 Å². The Kier molecular flexibility index (Phi) is 4.20. The molecule has 2 aliphatic heterocycles. The molecule has 0 N–H and O–H groups in total. The van der Waals surface area contributed by atoms with E-state index in [1.54, 1.807) is 0 Å². The molecule has 3 aromatic rings. The van der Waals surface area contributed by atoms with Gasteiger partial charge in [-0.1, -0.05) is 18.2 Å². The SMILES string of the molecule is Cc1ccc2cc(C(=O)N3CCN(Cc4ccc5c(c4)OCO5)CC3)oc2c1. The Balaban J connectivity index is 1.22. The number of fused-ring (bicyclic) bond motifs is 2. The molecule has 6 heteroatoms. The number of carbonyl (C=O) groups is 1. The van der Waals surface area contributed by atoms with Crippen LogP contribution in [0.25, 0.3) is 11.0 Å². The molecule has 0 saturated carbocycles. The first-order valence-corrected chi connectivity index (χ1v) is 9.56. The third kappa shape index (κ3) is 3.20. The number of hydrogen-bond donors (Lipinski definition) is 0. The molecule has 0 spiro atoms. The van der Waals surface area contributed by atoms with Gasteiger partial charge in [0.2, 0.25) is 6.79 Å². The summed E-state index contributed by atoms with van der Waals surface area (Å²) < 4.78 is 16.6. The largest absolute Gasteiger partial charge is 0.454 e. The molecule has 6 nitrogen and oxygen atoms in total. The molecule has 0 bridgehead atoms. The minimum Gasteiger partial charge on any atom is -0.454 e. The van der Waals surface area contributed by atoms with E-state index in [0.29, 0.717) is 25.6 Å². The normalized spacial score (nSPS) is 16.7. The summed E-state index contributed by atoms with van der Waals surface area (Å²) in [4.78, 5) is 17.1. The van der Waals surface area contributed by atoms with Crippen molar-refractivity contribution >= 4 is 16.9 Å². The average Bonchev–Trinajstić information content (AvgIpc) is 3.34. The van der Waals surface area contributed by atoms with Crippen molar-refractivity contribution in [1.82, 2.24) is 9.80 Å². The van der Waals surface area contributed by atoms with Crippen molar-refractivity contribution in [2.45, 2.75) is 13.5 Å². The van der Waals surface area contributed by atoms with E-state index in [-0.39, 0.29) is 5.91 Å². The van der Waals surface area contributed by atoms with Crippen molar-refractivity contribution in [3.05, 3.63) is 59.4 Å². The lowest BCUT2D eigenvalue weighted by atomic mass is 10.1. The van der Waals surface area contributed by atoms with Gasteiger partial charge < -0.3 is 18.8 Å². The Morgan fingerprint density at radius 3 is 2.64 bits per heavy atom. The summed E-state index contributed by atoms with van der Waals surface area (Å²) in [6.45, 7) is 6.20. The molecule has 5 rings (SSSR count). The van der Waals surface area contributed by atoms with Crippen LogP contribution in [0.3, 0.4) is 0 Å². The van der Waals surface area contributed by atoms with Crippen molar-refractivity contribution in [2.24, 2.45) is 0 Å². The lowest BCUT2D eigenvalue weighted by molar-refractivity contribution is 0.0600. The third-order valence-corrected chi connectivity index (χ3v) is 5.39. The molecule has 0 atom stereocenters. The summed E-state index contributed by atoms with van der Waals surface area (Å²) in [6, 6.07) is 13.9.